The lowest BCUT2D eigenvalue weighted by Gasteiger charge is -2.15. The first-order valence-electron chi connectivity index (χ1n) is 3.23. The minimum absolute atomic E-state index is 0.0301. The van der Waals surface area contributed by atoms with Crippen LogP contribution < -0.4 is 0 Å². The molecule has 0 aromatic heterocycles. The number of carbonyl (C=O) groups is 1. The molecule has 56 valence electrons. The lowest BCUT2D eigenvalue weighted by Crippen LogP contribution is -2.23. The molecule has 1 aliphatic rings. The third-order valence-corrected chi connectivity index (χ3v) is 1.44. The molecule has 0 radical (unpaired) electrons. The van der Waals surface area contributed by atoms with Gasteiger partial charge in [-0.15, -0.1) is 6.73 Å². The van der Waals surface area contributed by atoms with E-state index in [0.717, 1.165) is 0 Å². The van der Waals surface area contributed by atoms with Crippen molar-refractivity contribution in [1.82, 2.24) is 4.90 Å². The molecule has 3 heteroatoms. The van der Waals surface area contributed by atoms with Crippen LogP contribution in [-0.4, -0.2) is 16.9 Å². The SMILES string of the molecule is C=CN1[CH-]OC(CC)C1=O. The van der Waals surface area contributed by atoms with Crippen LogP contribution in [0.15, 0.2) is 12.8 Å². The Hall–Kier alpha value is -0.830. The zero-order valence-corrected chi connectivity index (χ0v) is 5.91. The summed E-state index contributed by atoms with van der Waals surface area (Å²) >= 11 is 0. The van der Waals surface area contributed by atoms with Crippen molar-refractivity contribution >= 4 is 5.91 Å². The van der Waals surface area contributed by atoms with Crippen molar-refractivity contribution in [2.75, 3.05) is 0 Å². The fourth-order valence-electron chi connectivity index (χ4n) is 0.819. The van der Waals surface area contributed by atoms with Crippen molar-refractivity contribution < 1.29 is 9.53 Å². The maximum Gasteiger partial charge on any atom is 0.225 e. The number of amides is 1. The van der Waals surface area contributed by atoms with E-state index >= 15 is 0 Å². The van der Waals surface area contributed by atoms with Crippen LogP contribution in [0.25, 0.3) is 0 Å². The third-order valence-electron chi connectivity index (χ3n) is 1.44. The van der Waals surface area contributed by atoms with Crippen molar-refractivity contribution in [1.29, 1.82) is 0 Å². The van der Waals surface area contributed by atoms with E-state index in [4.69, 9.17) is 4.74 Å². The molecule has 1 aliphatic heterocycles. The molecule has 3 nitrogen and oxygen atoms in total. The molecule has 0 bridgehead atoms. The van der Waals surface area contributed by atoms with E-state index in [0.29, 0.717) is 6.42 Å². The van der Waals surface area contributed by atoms with Crippen molar-refractivity contribution in [3.63, 3.8) is 0 Å². The molecule has 0 saturated carbocycles. The van der Waals surface area contributed by atoms with Crippen LogP contribution in [0, 0.1) is 6.73 Å². The number of ether oxygens (including phenoxy) is 1. The van der Waals surface area contributed by atoms with Gasteiger partial charge in [0.2, 0.25) is 5.91 Å². The van der Waals surface area contributed by atoms with E-state index in [1.54, 1.807) is 0 Å². The molecule has 1 amide bonds. The minimum Gasteiger partial charge on any atom is -0.522 e. The first-order valence-corrected chi connectivity index (χ1v) is 3.23. The molecule has 1 fully saturated rings. The molecular formula is C7H10NO2-. The van der Waals surface area contributed by atoms with E-state index < -0.39 is 0 Å². The first kappa shape index (κ1) is 7.28. The molecule has 0 aromatic carbocycles. The molecule has 1 rings (SSSR count). The fourth-order valence-corrected chi connectivity index (χ4v) is 0.819. The smallest absolute Gasteiger partial charge is 0.225 e. The lowest BCUT2D eigenvalue weighted by molar-refractivity contribution is -0.128. The number of nitrogens with zero attached hydrogens (tertiary/aromatic N) is 1. The summed E-state index contributed by atoms with van der Waals surface area (Å²) in [6.45, 7) is 6.75. The Bertz CT molecular complexity index is 156. The average Bonchev–Trinajstić information content (AvgIpc) is 2.30. The van der Waals surface area contributed by atoms with E-state index in [9.17, 15) is 4.79 Å². The monoisotopic (exact) mass is 140 g/mol. The van der Waals surface area contributed by atoms with Crippen LogP contribution in [0.3, 0.4) is 0 Å². The van der Waals surface area contributed by atoms with Gasteiger partial charge in [0.25, 0.3) is 0 Å². The summed E-state index contributed by atoms with van der Waals surface area (Å²) in [4.78, 5) is 12.4. The molecule has 1 heterocycles. The summed E-state index contributed by atoms with van der Waals surface area (Å²) in [5.41, 5.74) is 0. The van der Waals surface area contributed by atoms with Gasteiger partial charge in [-0.3, -0.25) is 4.79 Å². The highest BCUT2D eigenvalue weighted by molar-refractivity contribution is 5.83. The second-order valence-corrected chi connectivity index (χ2v) is 2.07. The lowest BCUT2D eigenvalue weighted by atomic mass is 10.3. The van der Waals surface area contributed by atoms with Crippen molar-refractivity contribution in [3.05, 3.63) is 19.5 Å². The molecule has 0 aromatic rings. The standard InChI is InChI=1S/C7H10NO2/c1-3-6-7(9)8(4-2)5-10-6/h4-6H,2-3H2,1H3/q-1. The Labute approximate surface area is 60.3 Å². The minimum atomic E-state index is -0.294. The first-order chi connectivity index (χ1) is 4.79. The molecule has 10 heavy (non-hydrogen) atoms. The van der Waals surface area contributed by atoms with E-state index in [1.807, 2.05) is 6.92 Å². The van der Waals surface area contributed by atoms with Crippen LogP contribution >= 0.6 is 0 Å². The van der Waals surface area contributed by atoms with Gasteiger partial charge in [0.15, 0.2) is 0 Å². The van der Waals surface area contributed by atoms with Gasteiger partial charge in [-0.05, 0) is 12.6 Å². The summed E-state index contributed by atoms with van der Waals surface area (Å²) in [6.07, 6.45) is 1.86. The normalized spacial score (nSPS) is 25.5. The third kappa shape index (κ3) is 1.04. The zero-order chi connectivity index (χ0) is 7.56. The number of hydrogen-bond acceptors (Lipinski definition) is 2. The van der Waals surface area contributed by atoms with Crippen molar-refractivity contribution in [2.45, 2.75) is 19.4 Å². The van der Waals surface area contributed by atoms with E-state index in [-0.39, 0.29) is 12.0 Å². The van der Waals surface area contributed by atoms with Crippen LogP contribution in [0.2, 0.25) is 0 Å². The highest BCUT2D eigenvalue weighted by Gasteiger charge is 2.20. The Morgan fingerprint density at radius 2 is 2.70 bits per heavy atom. The molecule has 1 saturated heterocycles. The van der Waals surface area contributed by atoms with Gasteiger partial charge in [-0.25, -0.2) is 0 Å². The zero-order valence-electron chi connectivity index (χ0n) is 5.91. The second-order valence-electron chi connectivity index (χ2n) is 2.07. The summed E-state index contributed by atoms with van der Waals surface area (Å²) in [5.74, 6) is -0.0301. The maximum atomic E-state index is 11.1. The Morgan fingerprint density at radius 3 is 3.00 bits per heavy atom. The van der Waals surface area contributed by atoms with Crippen LogP contribution in [0.5, 0.6) is 0 Å². The number of carbonyl (C=O) groups excluding carboxylic acids is 1. The highest BCUT2D eigenvalue weighted by atomic mass is 16.5. The second kappa shape index (κ2) is 2.84. The quantitative estimate of drug-likeness (QED) is 0.533. The highest BCUT2D eigenvalue weighted by Crippen LogP contribution is 2.15. The topological polar surface area (TPSA) is 29.5 Å². The summed E-state index contributed by atoms with van der Waals surface area (Å²) < 4.78 is 5.00. The van der Waals surface area contributed by atoms with Gasteiger partial charge in [-0.1, -0.05) is 13.5 Å². The average molecular weight is 140 g/mol. The van der Waals surface area contributed by atoms with Gasteiger partial charge < -0.3 is 9.64 Å². The van der Waals surface area contributed by atoms with Gasteiger partial charge in [0, 0.05) is 0 Å². The van der Waals surface area contributed by atoms with Gasteiger partial charge in [-0.2, -0.15) is 0 Å². The Morgan fingerprint density at radius 1 is 2.00 bits per heavy atom. The van der Waals surface area contributed by atoms with Gasteiger partial charge >= 0.3 is 0 Å². The predicted molar refractivity (Wildman–Crippen MR) is 36.5 cm³/mol. The number of rotatable bonds is 2. The van der Waals surface area contributed by atoms with Gasteiger partial charge in [0.1, 0.15) is 6.10 Å². The maximum absolute atomic E-state index is 11.1. The molecular weight excluding hydrogens is 130 g/mol. The Kier molecular flexibility index (Phi) is 2.06. The predicted octanol–water partition coefficient (Wildman–Crippen LogP) is 0.887. The summed E-state index contributed by atoms with van der Waals surface area (Å²) in [7, 11) is 0. The molecule has 0 N–H and O–H groups in total. The van der Waals surface area contributed by atoms with Crippen molar-refractivity contribution in [2.24, 2.45) is 0 Å². The summed E-state index contributed by atoms with van der Waals surface area (Å²) in [5, 5.41) is 0. The van der Waals surface area contributed by atoms with E-state index in [1.165, 1.54) is 17.8 Å². The van der Waals surface area contributed by atoms with Gasteiger partial charge in [0.05, 0.1) is 0 Å². The molecule has 0 aliphatic carbocycles. The van der Waals surface area contributed by atoms with Crippen LogP contribution in [-0.2, 0) is 9.53 Å². The molecule has 0 spiro atoms. The molecule has 1 unspecified atom stereocenters. The summed E-state index contributed by atoms with van der Waals surface area (Å²) in [6, 6.07) is 0. The van der Waals surface area contributed by atoms with E-state index in [2.05, 4.69) is 6.58 Å². The van der Waals surface area contributed by atoms with Crippen LogP contribution in [0.4, 0.5) is 0 Å². The number of hydrogen-bond donors (Lipinski definition) is 0. The largest absolute Gasteiger partial charge is 0.522 e. The Balaban J connectivity index is 2.57. The molecule has 1 atom stereocenters. The van der Waals surface area contributed by atoms with Crippen LogP contribution in [0.1, 0.15) is 13.3 Å². The van der Waals surface area contributed by atoms with Crippen molar-refractivity contribution in [3.8, 4) is 0 Å². The fraction of sp³-hybridized carbons (Fsp3) is 0.429.